The molecular weight excluding hydrogens is 194 g/mol. The topological polar surface area (TPSA) is 69.2 Å². The highest BCUT2D eigenvalue weighted by Crippen LogP contribution is 2.12. The Hall–Kier alpha value is -1.88. The number of hydrogen-bond acceptors (Lipinski definition) is 5. The number of ether oxygens (including phenoxy) is 2. The van der Waals surface area contributed by atoms with Gasteiger partial charge in [0.1, 0.15) is 12.5 Å². The van der Waals surface area contributed by atoms with Crippen molar-refractivity contribution in [2.45, 2.75) is 0 Å². The molecule has 0 heterocycles. The van der Waals surface area contributed by atoms with Crippen LogP contribution in [0.2, 0.25) is 0 Å². The highest BCUT2D eigenvalue weighted by atomic mass is 16.5. The largest absolute Gasteiger partial charge is 0.497 e. The SMILES string of the molecule is C=N/N=C(\OCN)c1ccc(OC)cc1. The predicted molar refractivity (Wildman–Crippen MR) is 59.2 cm³/mol. The number of methoxy groups -OCH3 is 1. The molecule has 1 aromatic carbocycles. The smallest absolute Gasteiger partial charge is 0.241 e. The van der Waals surface area contributed by atoms with E-state index in [1.165, 1.54) is 0 Å². The molecule has 5 nitrogen and oxygen atoms in total. The van der Waals surface area contributed by atoms with Gasteiger partial charge in [0.2, 0.25) is 5.90 Å². The maximum Gasteiger partial charge on any atom is 0.241 e. The van der Waals surface area contributed by atoms with Crippen molar-refractivity contribution < 1.29 is 9.47 Å². The van der Waals surface area contributed by atoms with E-state index in [2.05, 4.69) is 16.9 Å². The maximum absolute atomic E-state index is 5.26. The molecule has 0 aromatic heterocycles. The zero-order chi connectivity index (χ0) is 11.1. The molecule has 1 aromatic rings. The van der Waals surface area contributed by atoms with Gasteiger partial charge in [0.25, 0.3) is 0 Å². The molecule has 15 heavy (non-hydrogen) atoms. The lowest BCUT2D eigenvalue weighted by molar-refractivity contribution is 0.316. The summed E-state index contributed by atoms with van der Waals surface area (Å²) in [6.07, 6.45) is 0. The first-order valence-corrected chi connectivity index (χ1v) is 4.32. The second kappa shape index (κ2) is 5.77. The van der Waals surface area contributed by atoms with Gasteiger partial charge >= 0.3 is 0 Å². The van der Waals surface area contributed by atoms with Crippen LogP contribution in [0.1, 0.15) is 5.56 Å². The van der Waals surface area contributed by atoms with Crippen molar-refractivity contribution in [1.82, 2.24) is 0 Å². The number of rotatable bonds is 4. The van der Waals surface area contributed by atoms with Crippen LogP contribution < -0.4 is 10.5 Å². The first-order chi connectivity index (χ1) is 7.31. The van der Waals surface area contributed by atoms with Gasteiger partial charge in [-0.2, -0.15) is 5.10 Å². The van der Waals surface area contributed by atoms with Crippen molar-refractivity contribution in [3.05, 3.63) is 29.8 Å². The third-order valence-electron chi connectivity index (χ3n) is 1.72. The van der Waals surface area contributed by atoms with Gasteiger partial charge in [-0.15, -0.1) is 5.10 Å². The Morgan fingerprint density at radius 1 is 1.40 bits per heavy atom. The van der Waals surface area contributed by atoms with E-state index >= 15 is 0 Å². The molecule has 80 valence electrons. The van der Waals surface area contributed by atoms with Gasteiger partial charge < -0.3 is 9.47 Å². The second-order valence-corrected chi connectivity index (χ2v) is 2.59. The molecule has 5 heteroatoms. The molecule has 2 N–H and O–H groups in total. The Morgan fingerprint density at radius 3 is 2.53 bits per heavy atom. The minimum Gasteiger partial charge on any atom is -0.497 e. The second-order valence-electron chi connectivity index (χ2n) is 2.59. The quantitative estimate of drug-likeness (QED) is 0.346. The number of benzene rings is 1. The summed E-state index contributed by atoms with van der Waals surface area (Å²) < 4.78 is 10.1. The summed E-state index contributed by atoms with van der Waals surface area (Å²) in [5.74, 6) is 1.10. The molecular formula is C10H13N3O2. The normalized spacial score (nSPS) is 10.9. The fourth-order valence-electron chi connectivity index (χ4n) is 1.05. The van der Waals surface area contributed by atoms with Crippen LogP contribution in [0.15, 0.2) is 34.5 Å². The van der Waals surface area contributed by atoms with Crippen LogP contribution in [0, 0.1) is 0 Å². The van der Waals surface area contributed by atoms with Gasteiger partial charge in [0.15, 0.2) is 0 Å². The van der Waals surface area contributed by atoms with Gasteiger partial charge in [-0.3, -0.25) is 5.73 Å². The fraction of sp³-hybridized carbons (Fsp3) is 0.200. The highest BCUT2D eigenvalue weighted by Gasteiger charge is 2.04. The Labute approximate surface area is 88.2 Å². The zero-order valence-electron chi connectivity index (χ0n) is 8.51. The van der Waals surface area contributed by atoms with Crippen LogP contribution in [0.4, 0.5) is 0 Å². The van der Waals surface area contributed by atoms with E-state index in [4.69, 9.17) is 15.2 Å². The molecule has 0 radical (unpaired) electrons. The number of nitrogens with zero attached hydrogens (tertiary/aromatic N) is 2. The van der Waals surface area contributed by atoms with Crippen LogP contribution >= 0.6 is 0 Å². The summed E-state index contributed by atoms with van der Waals surface area (Å²) in [6.45, 7) is 3.30. The molecule has 0 aliphatic rings. The third kappa shape index (κ3) is 3.07. The molecule has 0 amide bonds. The van der Waals surface area contributed by atoms with E-state index in [9.17, 15) is 0 Å². The van der Waals surface area contributed by atoms with Crippen LogP contribution in [-0.4, -0.2) is 26.5 Å². The first kappa shape index (κ1) is 11.2. The molecule has 0 unspecified atom stereocenters. The van der Waals surface area contributed by atoms with E-state index in [-0.39, 0.29) is 6.73 Å². The van der Waals surface area contributed by atoms with Crippen LogP contribution in [0.5, 0.6) is 5.75 Å². The molecule has 0 saturated carbocycles. The zero-order valence-corrected chi connectivity index (χ0v) is 8.51. The first-order valence-electron chi connectivity index (χ1n) is 4.32. The lowest BCUT2D eigenvalue weighted by atomic mass is 10.2. The summed E-state index contributed by atoms with van der Waals surface area (Å²) in [7, 11) is 1.60. The predicted octanol–water partition coefficient (Wildman–Crippen LogP) is 0.990. The van der Waals surface area contributed by atoms with Crippen LogP contribution in [0.3, 0.4) is 0 Å². The molecule has 0 atom stereocenters. The Kier molecular flexibility index (Phi) is 4.30. The molecule has 0 aliphatic carbocycles. The summed E-state index contributed by atoms with van der Waals surface area (Å²) in [4.78, 5) is 0. The van der Waals surface area contributed by atoms with E-state index < -0.39 is 0 Å². The lowest BCUT2D eigenvalue weighted by Crippen LogP contribution is -2.13. The lowest BCUT2D eigenvalue weighted by Gasteiger charge is -2.06. The summed E-state index contributed by atoms with van der Waals surface area (Å²) in [5.41, 5.74) is 6.04. The molecule has 0 fully saturated rings. The third-order valence-corrected chi connectivity index (χ3v) is 1.72. The Bertz CT molecular complexity index is 346. The molecule has 0 aliphatic heterocycles. The number of nitrogens with two attached hydrogens (primary N) is 1. The van der Waals surface area contributed by atoms with E-state index in [1.54, 1.807) is 31.4 Å². The van der Waals surface area contributed by atoms with Crippen molar-refractivity contribution in [3.63, 3.8) is 0 Å². The summed E-state index contributed by atoms with van der Waals surface area (Å²) in [5, 5.41) is 7.13. The van der Waals surface area contributed by atoms with Gasteiger partial charge in [-0.25, -0.2) is 0 Å². The number of hydrogen-bond donors (Lipinski definition) is 1. The fourth-order valence-corrected chi connectivity index (χ4v) is 1.05. The van der Waals surface area contributed by atoms with Crippen molar-refractivity contribution >= 4 is 12.6 Å². The minimum absolute atomic E-state index is 0.0420. The molecule has 1 rings (SSSR count). The molecule has 0 spiro atoms. The Morgan fingerprint density at radius 2 is 2.07 bits per heavy atom. The van der Waals surface area contributed by atoms with E-state index in [0.717, 1.165) is 11.3 Å². The van der Waals surface area contributed by atoms with Crippen molar-refractivity contribution in [2.24, 2.45) is 15.9 Å². The van der Waals surface area contributed by atoms with E-state index in [1.807, 2.05) is 0 Å². The van der Waals surface area contributed by atoms with Crippen molar-refractivity contribution in [1.29, 1.82) is 0 Å². The standard InChI is InChI=1S/C10H13N3O2/c1-12-13-10(15-7-11)8-3-5-9(14-2)6-4-8/h3-6H,1,7,11H2,2H3/b13-10-. The van der Waals surface area contributed by atoms with Crippen molar-refractivity contribution in [2.75, 3.05) is 13.8 Å². The molecule has 0 saturated heterocycles. The monoisotopic (exact) mass is 207 g/mol. The van der Waals surface area contributed by atoms with Gasteiger partial charge in [0.05, 0.1) is 7.11 Å². The minimum atomic E-state index is 0.0420. The van der Waals surface area contributed by atoms with Crippen LogP contribution in [-0.2, 0) is 4.74 Å². The van der Waals surface area contributed by atoms with Gasteiger partial charge in [0, 0.05) is 12.3 Å². The van der Waals surface area contributed by atoms with Gasteiger partial charge in [-0.1, -0.05) is 0 Å². The molecule has 0 bridgehead atoms. The Balaban J connectivity index is 2.91. The van der Waals surface area contributed by atoms with Gasteiger partial charge in [-0.05, 0) is 24.3 Å². The van der Waals surface area contributed by atoms with Crippen molar-refractivity contribution in [3.8, 4) is 5.75 Å². The van der Waals surface area contributed by atoms with Crippen LogP contribution in [0.25, 0.3) is 0 Å². The summed E-state index contributed by atoms with van der Waals surface area (Å²) >= 11 is 0. The average Bonchev–Trinajstić information content (AvgIpc) is 2.29. The maximum atomic E-state index is 5.26. The average molecular weight is 207 g/mol. The van der Waals surface area contributed by atoms with E-state index in [0.29, 0.717) is 5.90 Å². The highest BCUT2D eigenvalue weighted by molar-refractivity contribution is 5.94. The summed E-state index contributed by atoms with van der Waals surface area (Å²) in [6, 6.07) is 7.21.